The molecule has 0 aromatic heterocycles. The van der Waals surface area contributed by atoms with Gasteiger partial charge in [-0.3, -0.25) is 0 Å². The number of rotatable bonds is 12. The SMILES string of the molecule is CCCCCCCCCCC(C)NNc1ccccc1. The van der Waals surface area contributed by atoms with Gasteiger partial charge in [0.05, 0.1) is 0 Å². The summed E-state index contributed by atoms with van der Waals surface area (Å²) in [4.78, 5) is 0. The van der Waals surface area contributed by atoms with Crippen molar-refractivity contribution in [3.8, 4) is 0 Å². The molecule has 1 rings (SSSR count). The lowest BCUT2D eigenvalue weighted by Gasteiger charge is -2.15. The van der Waals surface area contributed by atoms with Crippen LogP contribution in [-0.4, -0.2) is 6.04 Å². The molecule has 0 bridgehead atoms. The average molecular weight is 276 g/mol. The number of nitrogens with one attached hydrogen (secondary N) is 2. The van der Waals surface area contributed by atoms with Gasteiger partial charge in [-0.1, -0.05) is 76.5 Å². The van der Waals surface area contributed by atoms with Crippen LogP contribution in [0.1, 0.15) is 71.6 Å². The van der Waals surface area contributed by atoms with E-state index in [0.717, 1.165) is 5.69 Å². The third-order valence-corrected chi connectivity index (χ3v) is 3.73. The van der Waals surface area contributed by atoms with Crippen LogP contribution in [0, 0.1) is 0 Å². The summed E-state index contributed by atoms with van der Waals surface area (Å²) in [6.45, 7) is 4.52. The molecule has 2 nitrogen and oxygen atoms in total. The lowest BCUT2D eigenvalue weighted by Crippen LogP contribution is -2.31. The lowest BCUT2D eigenvalue weighted by molar-refractivity contribution is 0.502. The van der Waals surface area contributed by atoms with Crippen molar-refractivity contribution in [2.24, 2.45) is 0 Å². The van der Waals surface area contributed by atoms with E-state index in [1.807, 2.05) is 18.2 Å². The number of hydrogen-bond acceptors (Lipinski definition) is 2. The van der Waals surface area contributed by atoms with Crippen LogP contribution in [0.5, 0.6) is 0 Å². The Kier molecular flexibility index (Phi) is 10.0. The third kappa shape index (κ3) is 8.98. The van der Waals surface area contributed by atoms with Crippen LogP contribution >= 0.6 is 0 Å². The first-order valence-corrected chi connectivity index (χ1v) is 8.39. The van der Waals surface area contributed by atoms with Crippen LogP contribution in [0.25, 0.3) is 0 Å². The lowest BCUT2D eigenvalue weighted by atomic mass is 10.1. The molecular weight excluding hydrogens is 244 g/mol. The van der Waals surface area contributed by atoms with E-state index in [1.54, 1.807) is 0 Å². The molecule has 20 heavy (non-hydrogen) atoms. The van der Waals surface area contributed by atoms with Crippen molar-refractivity contribution in [3.63, 3.8) is 0 Å². The second-order valence-electron chi connectivity index (χ2n) is 5.80. The van der Waals surface area contributed by atoms with Crippen molar-refractivity contribution in [3.05, 3.63) is 30.3 Å². The first-order valence-electron chi connectivity index (χ1n) is 8.39. The van der Waals surface area contributed by atoms with Gasteiger partial charge in [-0.2, -0.15) is 0 Å². The van der Waals surface area contributed by atoms with Gasteiger partial charge in [0.15, 0.2) is 0 Å². The van der Waals surface area contributed by atoms with E-state index in [-0.39, 0.29) is 0 Å². The molecule has 0 heterocycles. The number of para-hydroxylation sites is 1. The monoisotopic (exact) mass is 276 g/mol. The minimum atomic E-state index is 0.523. The molecule has 1 aromatic carbocycles. The fraction of sp³-hybridized carbons (Fsp3) is 0.667. The van der Waals surface area contributed by atoms with Gasteiger partial charge in [0.1, 0.15) is 0 Å². The molecule has 0 aliphatic carbocycles. The van der Waals surface area contributed by atoms with E-state index >= 15 is 0 Å². The third-order valence-electron chi connectivity index (χ3n) is 3.73. The largest absolute Gasteiger partial charge is 0.321 e. The number of unbranched alkanes of at least 4 members (excludes halogenated alkanes) is 7. The van der Waals surface area contributed by atoms with Gasteiger partial charge in [-0.25, -0.2) is 5.43 Å². The maximum absolute atomic E-state index is 3.37. The van der Waals surface area contributed by atoms with Gasteiger partial charge in [0.2, 0.25) is 0 Å². The van der Waals surface area contributed by atoms with Crippen molar-refractivity contribution >= 4 is 5.69 Å². The summed E-state index contributed by atoms with van der Waals surface area (Å²) in [7, 11) is 0. The Morgan fingerprint density at radius 1 is 0.850 bits per heavy atom. The fourth-order valence-corrected chi connectivity index (χ4v) is 2.38. The molecule has 0 saturated carbocycles. The predicted molar refractivity (Wildman–Crippen MR) is 89.9 cm³/mol. The molecular formula is C18H32N2. The maximum Gasteiger partial charge on any atom is 0.0487 e. The zero-order chi connectivity index (χ0) is 14.5. The highest BCUT2D eigenvalue weighted by Crippen LogP contribution is 2.11. The predicted octanol–water partition coefficient (Wildman–Crippen LogP) is 5.52. The van der Waals surface area contributed by atoms with Crippen LogP contribution in [0.15, 0.2) is 30.3 Å². The van der Waals surface area contributed by atoms with E-state index in [1.165, 1.54) is 57.8 Å². The molecule has 1 unspecified atom stereocenters. The summed E-state index contributed by atoms with van der Waals surface area (Å²) < 4.78 is 0. The Morgan fingerprint density at radius 2 is 1.45 bits per heavy atom. The second kappa shape index (κ2) is 11.8. The number of benzene rings is 1. The maximum atomic E-state index is 3.37. The topological polar surface area (TPSA) is 24.1 Å². The summed E-state index contributed by atoms with van der Waals surface area (Å²) in [5, 5.41) is 0. The molecule has 0 aliphatic rings. The van der Waals surface area contributed by atoms with Gasteiger partial charge in [-0.05, 0) is 25.5 Å². The van der Waals surface area contributed by atoms with Crippen LogP contribution in [0.2, 0.25) is 0 Å². The molecule has 0 fully saturated rings. The Morgan fingerprint density at radius 3 is 2.10 bits per heavy atom. The summed E-state index contributed by atoms with van der Waals surface area (Å²) >= 11 is 0. The standard InChI is InChI=1S/C18H32N2/c1-3-4-5-6-7-8-9-11-14-17(2)19-20-18-15-12-10-13-16-18/h10,12-13,15-17,19-20H,3-9,11,14H2,1-2H3. The molecule has 0 radical (unpaired) electrons. The molecule has 114 valence electrons. The van der Waals surface area contributed by atoms with E-state index < -0.39 is 0 Å². The molecule has 1 aromatic rings. The van der Waals surface area contributed by atoms with Crippen LogP contribution < -0.4 is 10.9 Å². The molecule has 0 saturated heterocycles. The van der Waals surface area contributed by atoms with Crippen LogP contribution in [0.4, 0.5) is 5.69 Å². The first kappa shape index (κ1) is 17.0. The molecule has 0 aliphatic heterocycles. The van der Waals surface area contributed by atoms with Gasteiger partial charge in [0, 0.05) is 11.7 Å². The van der Waals surface area contributed by atoms with E-state index in [9.17, 15) is 0 Å². The zero-order valence-corrected chi connectivity index (χ0v) is 13.3. The van der Waals surface area contributed by atoms with Gasteiger partial charge >= 0.3 is 0 Å². The highest BCUT2D eigenvalue weighted by molar-refractivity contribution is 5.41. The number of hydrogen-bond donors (Lipinski definition) is 2. The summed E-state index contributed by atoms with van der Waals surface area (Å²) in [5.41, 5.74) is 7.77. The van der Waals surface area contributed by atoms with Crippen molar-refractivity contribution in [2.45, 2.75) is 77.7 Å². The van der Waals surface area contributed by atoms with Crippen LogP contribution in [0.3, 0.4) is 0 Å². The number of anilines is 1. The molecule has 2 heteroatoms. The average Bonchev–Trinajstić information content (AvgIpc) is 2.49. The smallest absolute Gasteiger partial charge is 0.0487 e. The Labute approximate surface area is 125 Å². The van der Waals surface area contributed by atoms with Gasteiger partial charge in [-0.15, -0.1) is 0 Å². The highest BCUT2D eigenvalue weighted by Gasteiger charge is 2.00. The molecule has 0 amide bonds. The summed E-state index contributed by atoms with van der Waals surface area (Å²) in [6.07, 6.45) is 12.4. The minimum absolute atomic E-state index is 0.523. The van der Waals surface area contributed by atoms with Gasteiger partial charge in [0.25, 0.3) is 0 Å². The highest BCUT2D eigenvalue weighted by atomic mass is 15.4. The van der Waals surface area contributed by atoms with Crippen molar-refractivity contribution in [2.75, 3.05) is 5.43 Å². The normalized spacial score (nSPS) is 12.3. The number of hydrazine groups is 1. The zero-order valence-electron chi connectivity index (χ0n) is 13.3. The van der Waals surface area contributed by atoms with E-state index in [0.29, 0.717) is 6.04 Å². The van der Waals surface area contributed by atoms with Crippen molar-refractivity contribution in [1.29, 1.82) is 0 Å². The fourth-order valence-electron chi connectivity index (χ4n) is 2.38. The minimum Gasteiger partial charge on any atom is -0.321 e. The Hall–Kier alpha value is -1.02. The summed E-state index contributed by atoms with van der Waals surface area (Å²) in [5.74, 6) is 0. The Bertz CT molecular complexity index is 310. The van der Waals surface area contributed by atoms with Crippen LogP contribution in [-0.2, 0) is 0 Å². The molecule has 1 atom stereocenters. The second-order valence-corrected chi connectivity index (χ2v) is 5.80. The molecule has 2 N–H and O–H groups in total. The quantitative estimate of drug-likeness (QED) is 0.388. The first-order chi connectivity index (χ1) is 9.83. The van der Waals surface area contributed by atoms with Crippen molar-refractivity contribution in [1.82, 2.24) is 5.43 Å². The Balaban J connectivity index is 1.91. The summed E-state index contributed by atoms with van der Waals surface area (Å²) in [6, 6.07) is 10.8. The van der Waals surface area contributed by atoms with E-state index in [2.05, 4.69) is 36.8 Å². The van der Waals surface area contributed by atoms with E-state index in [4.69, 9.17) is 0 Å². The molecule has 0 spiro atoms. The van der Waals surface area contributed by atoms with Crippen molar-refractivity contribution < 1.29 is 0 Å². The van der Waals surface area contributed by atoms with Gasteiger partial charge < -0.3 is 5.43 Å².